The van der Waals surface area contributed by atoms with Crippen LogP contribution < -0.4 is 0 Å². The number of nitrogens with zero attached hydrogens (tertiary/aromatic N) is 6. The number of carboxylic acid groups (broad SMARTS) is 1. The normalized spacial score (nSPS) is 16.3. The molecule has 5 rings (SSSR count). The van der Waals surface area contributed by atoms with Crippen molar-refractivity contribution < 1.29 is 14.4 Å². The summed E-state index contributed by atoms with van der Waals surface area (Å²) in [7, 11) is 0. The standard InChI is InChI=1S/C23H20N6O3/c30-23(31)16-5-3-15(4-6-16)13-29-9-1-2-20(29)22-27-21(28-32-22)17-7-8-19(26-12-17)18-10-24-14-25-11-18/h3-8,10-12,14,20H,1-2,9,13H2,(H,30,31)/t20-/m0/s1. The fourth-order valence-electron chi connectivity index (χ4n) is 3.90. The first-order valence-electron chi connectivity index (χ1n) is 10.3. The summed E-state index contributed by atoms with van der Waals surface area (Å²) in [4.78, 5) is 30.5. The number of aromatic nitrogens is 5. The van der Waals surface area contributed by atoms with Gasteiger partial charge in [-0.3, -0.25) is 9.88 Å². The molecule has 1 atom stereocenters. The van der Waals surface area contributed by atoms with E-state index in [-0.39, 0.29) is 11.6 Å². The molecule has 0 bridgehead atoms. The summed E-state index contributed by atoms with van der Waals surface area (Å²) in [5.41, 5.74) is 3.72. The van der Waals surface area contributed by atoms with Crippen molar-refractivity contribution in [3.63, 3.8) is 0 Å². The second-order valence-electron chi connectivity index (χ2n) is 7.65. The van der Waals surface area contributed by atoms with Crippen molar-refractivity contribution >= 4 is 5.97 Å². The molecule has 32 heavy (non-hydrogen) atoms. The van der Waals surface area contributed by atoms with E-state index in [9.17, 15) is 4.79 Å². The molecule has 1 aliphatic heterocycles. The molecule has 1 saturated heterocycles. The van der Waals surface area contributed by atoms with Crippen LogP contribution in [0.3, 0.4) is 0 Å². The van der Waals surface area contributed by atoms with Gasteiger partial charge in [-0.1, -0.05) is 17.3 Å². The van der Waals surface area contributed by atoms with Gasteiger partial charge in [0.05, 0.1) is 17.3 Å². The van der Waals surface area contributed by atoms with Crippen molar-refractivity contribution in [1.82, 2.24) is 30.0 Å². The summed E-state index contributed by atoms with van der Waals surface area (Å²) >= 11 is 0. The lowest BCUT2D eigenvalue weighted by Crippen LogP contribution is -2.23. The molecule has 0 spiro atoms. The quantitative estimate of drug-likeness (QED) is 0.491. The molecule has 9 nitrogen and oxygen atoms in total. The van der Waals surface area contributed by atoms with Crippen LogP contribution in [0.25, 0.3) is 22.6 Å². The number of hydrogen-bond donors (Lipinski definition) is 1. The Bertz CT molecular complexity index is 1210. The van der Waals surface area contributed by atoms with Gasteiger partial charge in [0.1, 0.15) is 6.33 Å². The molecule has 4 aromatic rings. The second-order valence-corrected chi connectivity index (χ2v) is 7.65. The Kier molecular flexibility index (Phi) is 5.39. The molecule has 160 valence electrons. The average molecular weight is 428 g/mol. The van der Waals surface area contributed by atoms with Gasteiger partial charge in [0.25, 0.3) is 0 Å². The molecular weight excluding hydrogens is 408 g/mol. The summed E-state index contributed by atoms with van der Waals surface area (Å²) in [6.07, 6.45) is 8.59. The predicted molar refractivity (Wildman–Crippen MR) is 114 cm³/mol. The lowest BCUT2D eigenvalue weighted by atomic mass is 10.1. The predicted octanol–water partition coefficient (Wildman–Crippen LogP) is 3.62. The summed E-state index contributed by atoms with van der Waals surface area (Å²) in [5, 5.41) is 13.2. The highest BCUT2D eigenvalue weighted by molar-refractivity contribution is 5.87. The van der Waals surface area contributed by atoms with Crippen LogP contribution in [0.1, 0.15) is 40.7 Å². The molecule has 0 unspecified atom stereocenters. The Hall–Kier alpha value is -3.98. The molecular formula is C23H20N6O3. The van der Waals surface area contributed by atoms with Crippen LogP contribution in [-0.2, 0) is 6.54 Å². The summed E-state index contributed by atoms with van der Waals surface area (Å²) in [6, 6.07) is 10.8. The zero-order valence-electron chi connectivity index (χ0n) is 17.1. The molecule has 0 aliphatic carbocycles. The van der Waals surface area contributed by atoms with Crippen LogP contribution in [0.5, 0.6) is 0 Å². The number of carbonyl (C=O) groups is 1. The Balaban J connectivity index is 1.30. The van der Waals surface area contributed by atoms with E-state index in [1.54, 1.807) is 30.7 Å². The summed E-state index contributed by atoms with van der Waals surface area (Å²) in [6.45, 7) is 1.61. The van der Waals surface area contributed by atoms with Gasteiger partial charge in [-0.05, 0) is 49.2 Å². The summed E-state index contributed by atoms with van der Waals surface area (Å²) < 4.78 is 5.61. The van der Waals surface area contributed by atoms with Crippen LogP contribution in [0.15, 0.2) is 65.8 Å². The minimum Gasteiger partial charge on any atom is -0.478 e. The number of likely N-dealkylation sites (tertiary alicyclic amines) is 1. The molecule has 4 heterocycles. The monoisotopic (exact) mass is 428 g/mol. The van der Waals surface area contributed by atoms with Gasteiger partial charge in [0.2, 0.25) is 11.7 Å². The first-order valence-corrected chi connectivity index (χ1v) is 10.3. The zero-order chi connectivity index (χ0) is 21.9. The topological polar surface area (TPSA) is 118 Å². The third-order valence-electron chi connectivity index (χ3n) is 5.56. The third-order valence-corrected chi connectivity index (χ3v) is 5.56. The van der Waals surface area contributed by atoms with Crippen LogP contribution >= 0.6 is 0 Å². The highest BCUT2D eigenvalue weighted by Gasteiger charge is 2.31. The van der Waals surface area contributed by atoms with E-state index < -0.39 is 5.97 Å². The van der Waals surface area contributed by atoms with Crippen LogP contribution in [0.2, 0.25) is 0 Å². The Morgan fingerprint density at radius 2 is 1.88 bits per heavy atom. The second kappa shape index (κ2) is 8.64. The Morgan fingerprint density at radius 3 is 2.59 bits per heavy atom. The molecule has 0 radical (unpaired) electrons. The van der Waals surface area contributed by atoms with E-state index >= 15 is 0 Å². The minimum absolute atomic E-state index is 0.0316. The van der Waals surface area contributed by atoms with Crippen molar-refractivity contribution in [3.8, 4) is 22.6 Å². The first kappa shape index (κ1) is 20.0. The Labute approximate surface area is 183 Å². The highest BCUT2D eigenvalue weighted by atomic mass is 16.5. The maximum Gasteiger partial charge on any atom is 0.335 e. The van der Waals surface area contributed by atoms with E-state index in [1.807, 2.05) is 24.3 Å². The number of hydrogen-bond acceptors (Lipinski definition) is 8. The van der Waals surface area contributed by atoms with Gasteiger partial charge >= 0.3 is 5.97 Å². The van der Waals surface area contributed by atoms with Gasteiger partial charge < -0.3 is 9.63 Å². The fourth-order valence-corrected chi connectivity index (χ4v) is 3.90. The van der Waals surface area contributed by atoms with Gasteiger partial charge in [-0.15, -0.1) is 0 Å². The minimum atomic E-state index is -0.923. The smallest absolute Gasteiger partial charge is 0.335 e. The molecule has 1 aliphatic rings. The van der Waals surface area contributed by atoms with Crippen molar-refractivity contribution in [2.45, 2.75) is 25.4 Å². The molecule has 0 saturated carbocycles. The number of rotatable bonds is 6. The lowest BCUT2D eigenvalue weighted by molar-refractivity contribution is 0.0697. The molecule has 0 amide bonds. The maximum atomic E-state index is 11.1. The molecule has 1 aromatic carbocycles. The lowest BCUT2D eigenvalue weighted by Gasteiger charge is -2.21. The molecule has 1 fully saturated rings. The van der Waals surface area contributed by atoms with Gasteiger partial charge in [-0.2, -0.15) is 4.98 Å². The number of carboxylic acids is 1. The van der Waals surface area contributed by atoms with Crippen molar-refractivity contribution in [1.29, 1.82) is 0 Å². The van der Waals surface area contributed by atoms with Crippen molar-refractivity contribution in [3.05, 3.63) is 78.3 Å². The van der Waals surface area contributed by atoms with E-state index in [0.717, 1.165) is 41.8 Å². The molecule has 3 aromatic heterocycles. The SMILES string of the molecule is O=C(O)c1ccc(CN2CCC[C@H]2c2nc(-c3ccc(-c4cncnc4)nc3)no2)cc1. The van der Waals surface area contributed by atoms with Crippen LogP contribution in [0.4, 0.5) is 0 Å². The zero-order valence-corrected chi connectivity index (χ0v) is 17.1. The largest absolute Gasteiger partial charge is 0.478 e. The van der Waals surface area contributed by atoms with Crippen molar-refractivity contribution in [2.75, 3.05) is 6.54 Å². The van der Waals surface area contributed by atoms with Gasteiger partial charge in [-0.25, -0.2) is 14.8 Å². The fraction of sp³-hybridized carbons (Fsp3) is 0.217. The maximum absolute atomic E-state index is 11.1. The highest BCUT2D eigenvalue weighted by Crippen LogP contribution is 2.33. The average Bonchev–Trinajstić information content (AvgIpc) is 3.50. The van der Waals surface area contributed by atoms with E-state index in [0.29, 0.717) is 18.3 Å². The van der Waals surface area contributed by atoms with E-state index in [4.69, 9.17) is 9.63 Å². The van der Waals surface area contributed by atoms with E-state index in [1.165, 1.54) is 6.33 Å². The molecule has 1 N–H and O–H groups in total. The van der Waals surface area contributed by atoms with Gasteiger partial charge in [0.15, 0.2) is 0 Å². The van der Waals surface area contributed by atoms with E-state index in [2.05, 4.69) is 30.0 Å². The van der Waals surface area contributed by atoms with Crippen molar-refractivity contribution in [2.24, 2.45) is 0 Å². The third kappa shape index (κ3) is 4.10. The number of benzene rings is 1. The van der Waals surface area contributed by atoms with Crippen LogP contribution in [-0.4, -0.2) is 47.6 Å². The van der Waals surface area contributed by atoms with Crippen LogP contribution in [0, 0.1) is 0 Å². The Morgan fingerprint density at radius 1 is 1.06 bits per heavy atom. The molecule has 9 heteroatoms. The summed E-state index contributed by atoms with van der Waals surface area (Å²) in [5.74, 6) is 0.162. The first-order chi connectivity index (χ1) is 15.7. The number of pyridine rings is 1. The number of aromatic carboxylic acids is 1. The van der Waals surface area contributed by atoms with Gasteiger partial charge in [0, 0.05) is 36.3 Å².